The van der Waals surface area contributed by atoms with Crippen molar-refractivity contribution in [3.8, 4) is 0 Å². The summed E-state index contributed by atoms with van der Waals surface area (Å²) in [5.74, 6) is 1.76. The van der Waals surface area contributed by atoms with Gasteiger partial charge in [-0.15, -0.1) is 0 Å². The minimum atomic E-state index is -0.0473. The summed E-state index contributed by atoms with van der Waals surface area (Å²) in [7, 11) is 0. The molecule has 2 aliphatic carbocycles. The van der Waals surface area contributed by atoms with Crippen LogP contribution in [0.1, 0.15) is 43.4 Å². The van der Waals surface area contributed by atoms with Crippen molar-refractivity contribution in [2.24, 2.45) is 11.8 Å². The van der Waals surface area contributed by atoms with Gasteiger partial charge in [0.1, 0.15) is 0 Å². The third kappa shape index (κ3) is 2.83. The van der Waals surface area contributed by atoms with Gasteiger partial charge in [-0.25, -0.2) is 4.98 Å². The Kier molecular flexibility index (Phi) is 4.42. The fourth-order valence-electron chi connectivity index (χ4n) is 6.63. The quantitative estimate of drug-likeness (QED) is 0.730. The van der Waals surface area contributed by atoms with Crippen LogP contribution in [-0.2, 0) is 21.4 Å². The number of rotatable bonds is 2. The zero-order valence-electron chi connectivity index (χ0n) is 17.5. The summed E-state index contributed by atoms with van der Waals surface area (Å²) in [6.07, 6.45) is 5.94. The molecule has 0 radical (unpaired) electrons. The summed E-state index contributed by atoms with van der Waals surface area (Å²) in [6.45, 7) is 5.43. The molecule has 5 aliphatic rings. The number of hydrogen-bond acceptors (Lipinski definition) is 6. The summed E-state index contributed by atoms with van der Waals surface area (Å²) in [6, 6.07) is 0.391. The van der Waals surface area contributed by atoms with Gasteiger partial charge in [0.2, 0.25) is 11.9 Å². The van der Waals surface area contributed by atoms with Gasteiger partial charge in [-0.05, 0) is 51.0 Å². The number of ether oxygens (including phenoxy) is 1. The number of hydrogen-bond donors (Lipinski definition) is 2. The summed E-state index contributed by atoms with van der Waals surface area (Å²) in [4.78, 5) is 38.3. The first-order valence-electron chi connectivity index (χ1n) is 11.6. The number of nitrogens with zero attached hydrogens (tertiary/aromatic N) is 3. The molecule has 4 heterocycles. The molecule has 162 valence electrons. The van der Waals surface area contributed by atoms with Crippen LogP contribution in [0.15, 0.2) is 4.79 Å². The standard InChI is InChI=1S/C22H31N5O3/c28-19-15-3-4-22(18(15)24-21(25-19)27-9-11-30-12-10-27)5-7-26(8-6-22)20(29)17-14-1-2-16(17)23-13-14/h14,16-17,23H,1-13H2,(H,24,25,28)/t14-,16-,17+/m0/s1. The van der Waals surface area contributed by atoms with E-state index in [9.17, 15) is 9.59 Å². The lowest BCUT2D eigenvalue weighted by Crippen LogP contribution is -2.48. The molecular formula is C22H31N5O3. The van der Waals surface area contributed by atoms with Crippen LogP contribution in [0.4, 0.5) is 5.95 Å². The molecule has 3 saturated heterocycles. The largest absolute Gasteiger partial charge is 0.378 e. The van der Waals surface area contributed by atoms with Gasteiger partial charge in [-0.1, -0.05) is 0 Å². The zero-order valence-corrected chi connectivity index (χ0v) is 17.5. The molecule has 1 aromatic heterocycles. The molecule has 2 N–H and O–H groups in total. The molecule has 0 unspecified atom stereocenters. The molecule has 30 heavy (non-hydrogen) atoms. The highest BCUT2D eigenvalue weighted by atomic mass is 16.5. The van der Waals surface area contributed by atoms with Crippen molar-refractivity contribution < 1.29 is 9.53 Å². The SMILES string of the molecule is O=C([C@@H]1[C@H]2CC[C@@H]1NC2)N1CCC2(CCc3c2nc(N2CCOCC2)[nH]c3=O)CC1. The van der Waals surface area contributed by atoms with E-state index < -0.39 is 0 Å². The van der Waals surface area contributed by atoms with Crippen molar-refractivity contribution in [1.29, 1.82) is 0 Å². The fourth-order valence-corrected chi connectivity index (χ4v) is 6.63. The van der Waals surface area contributed by atoms with E-state index in [1.165, 1.54) is 6.42 Å². The number of morpholine rings is 1. The Labute approximate surface area is 176 Å². The summed E-state index contributed by atoms with van der Waals surface area (Å²) < 4.78 is 5.45. The highest BCUT2D eigenvalue weighted by Crippen LogP contribution is 2.46. The number of nitrogens with one attached hydrogen (secondary N) is 2. The van der Waals surface area contributed by atoms with E-state index in [1.807, 2.05) is 0 Å². The molecule has 1 aromatic rings. The van der Waals surface area contributed by atoms with Gasteiger partial charge in [-0.2, -0.15) is 0 Å². The highest BCUT2D eigenvalue weighted by molar-refractivity contribution is 5.81. The second kappa shape index (κ2) is 7.05. The minimum absolute atomic E-state index is 0.0190. The van der Waals surface area contributed by atoms with Gasteiger partial charge in [0, 0.05) is 43.2 Å². The van der Waals surface area contributed by atoms with Crippen LogP contribution in [0, 0.1) is 11.8 Å². The lowest BCUT2D eigenvalue weighted by molar-refractivity contribution is -0.138. The Morgan fingerprint density at radius 1 is 1.10 bits per heavy atom. The molecule has 6 rings (SSSR count). The molecule has 1 saturated carbocycles. The van der Waals surface area contributed by atoms with Crippen LogP contribution in [0.2, 0.25) is 0 Å². The first kappa shape index (κ1) is 18.8. The van der Waals surface area contributed by atoms with Crippen LogP contribution < -0.4 is 15.8 Å². The van der Waals surface area contributed by atoms with Crippen LogP contribution in [0.25, 0.3) is 0 Å². The highest BCUT2D eigenvalue weighted by Gasteiger charge is 2.49. The molecule has 8 nitrogen and oxygen atoms in total. The van der Waals surface area contributed by atoms with E-state index in [2.05, 4.69) is 20.1 Å². The molecule has 2 bridgehead atoms. The van der Waals surface area contributed by atoms with Crippen molar-refractivity contribution in [2.75, 3.05) is 50.8 Å². The Morgan fingerprint density at radius 3 is 2.57 bits per heavy atom. The van der Waals surface area contributed by atoms with Crippen molar-refractivity contribution in [3.63, 3.8) is 0 Å². The number of amides is 1. The smallest absolute Gasteiger partial charge is 0.255 e. The number of likely N-dealkylation sites (tertiary alicyclic amines) is 1. The van der Waals surface area contributed by atoms with Crippen LogP contribution in [-0.4, -0.2) is 72.8 Å². The second-order valence-corrected chi connectivity index (χ2v) is 9.80. The maximum absolute atomic E-state index is 13.2. The first-order chi connectivity index (χ1) is 14.6. The third-order valence-electron chi connectivity index (χ3n) is 8.42. The molecule has 8 heteroatoms. The predicted molar refractivity (Wildman–Crippen MR) is 112 cm³/mol. The molecule has 0 aromatic carbocycles. The number of carbonyl (C=O) groups is 1. The lowest BCUT2D eigenvalue weighted by Gasteiger charge is -2.40. The lowest BCUT2D eigenvalue weighted by atomic mass is 9.76. The summed E-state index contributed by atoms with van der Waals surface area (Å²) in [5.41, 5.74) is 1.84. The maximum Gasteiger partial charge on any atom is 0.255 e. The van der Waals surface area contributed by atoms with Crippen molar-refractivity contribution in [3.05, 3.63) is 21.6 Å². The number of anilines is 1. The zero-order chi connectivity index (χ0) is 20.3. The molecule has 3 aliphatic heterocycles. The molecule has 1 amide bonds. The van der Waals surface area contributed by atoms with E-state index in [-0.39, 0.29) is 16.9 Å². The van der Waals surface area contributed by atoms with E-state index in [0.29, 0.717) is 37.0 Å². The summed E-state index contributed by atoms with van der Waals surface area (Å²) >= 11 is 0. The molecule has 4 fully saturated rings. The Morgan fingerprint density at radius 2 is 1.90 bits per heavy atom. The molecule has 1 spiro atoms. The Bertz CT molecular complexity index is 881. The average molecular weight is 414 g/mol. The van der Waals surface area contributed by atoms with Crippen LogP contribution in [0.3, 0.4) is 0 Å². The van der Waals surface area contributed by atoms with Crippen LogP contribution >= 0.6 is 0 Å². The number of piperidine rings is 2. The number of aromatic nitrogens is 2. The number of H-pyrrole nitrogens is 1. The average Bonchev–Trinajstić information content (AvgIpc) is 3.48. The third-order valence-corrected chi connectivity index (χ3v) is 8.42. The van der Waals surface area contributed by atoms with E-state index in [0.717, 1.165) is 76.1 Å². The fraction of sp³-hybridized carbons (Fsp3) is 0.773. The first-order valence-corrected chi connectivity index (χ1v) is 11.6. The summed E-state index contributed by atoms with van der Waals surface area (Å²) in [5, 5.41) is 3.52. The maximum atomic E-state index is 13.2. The normalized spacial score (nSPS) is 32.1. The van der Waals surface area contributed by atoms with Gasteiger partial charge in [0.05, 0.1) is 24.8 Å². The number of carbonyl (C=O) groups excluding carboxylic acids is 1. The predicted octanol–water partition coefficient (Wildman–Crippen LogP) is 0.411. The molecule has 3 atom stereocenters. The monoisotopic (exact) mass is 413 g/mol. The number of fused-ring (bicyclic) bond motifs is 4. The minimum Gasteiger partial charge on any atom is -0.378 e. The van der Waals surface area contributed by atoms with Crippen LogP contribution in [0.5, 0.6) is 0 Å². The van der Waals surface area contributed by atoms with Gasteiger partial charge >= 0.3 is 0 Å². The topological polar surface area (TPSA) is 90.6 Å². The Balaban J connectivity index is 1.22. The second-order valence-electron chi connectivity index (χ2n) is 9.80. The van der Waals surface area contributed by atoms with Crippen molar-refractivity contribution in [1.82, 2.24) is 20.2 Å². The van der Waals surface area contributed by atoms with Gasteiger partial charge in [0.15, 0.2) is 0 Å². The van der Waals surface area contributed by atoms with Gasteiger partial charge in [0.25, 0.3) is 5.56 Å². The van der Waals surface area contributed by atoms with Crippen molar-refractivity contribution in [2.45, 2.75) is 50.0 Å². The number of aromatic amines is 1. The van der Waals surface area contributed by atoms with Gasteiger partial charge < -0.3 is 19.9 Å². The van der Waals surface area contributed by atoms with E-state index in [1.54, 1.807) is 0 Å². The molecular weight excluding hydrogens is 382 g/mol. The van der Waals surface area contributed by atoms with Gasteiger partial charge in [-0.3, -0.25) is 14.6 Å². The van der Waals surface area contributed by atoms with E-state index in [4.69, 9.17) is 9.72 Å². The Hall–Kier alpha value is -1.93. The van der Waals surface area contributed by atoms with E-state index >= 15 is 0 Å². The van der Waals surface area contributed by atoms with Crippen molar-refractivity contribution >= 4 is 11.9 Å².